The van der Waals surface area contributed by atoms with E-state index in [0.29, 0.717) is 5.92 Å². The molecule has 0 aliphatic heterocycles. The first-order valence-corrected chi connectivity index (χ1v) is 9.91. The van der Waals surface area contributed by atoms with Crippen LogP contribution in [0.15, 0.2) is 0 Å². The molecule has 0 aromatic rings. The van der Waals surface area contributed by atoms with Gasteiger partial charge in [-0.15, -0.1) is 0 Å². The number of hydrogen-bond donors (Lipinski definition) is 1. The average molecular weight is 304 g/mol. The van der Waals surface area contributed by atoms with E-state index in [1.54, 1.807) is 0 Å². The van der Waals surface area contributed by atoms with Crippen LogP contribution in [-0.4, -0.2) is 31.5 Å². The van der Waals surface area contributed by atoms with Crippen molar-refractivity contribution >= 4 is 9.84 Å². The SMILES string of the molecule is CCCNC1CCC(CC)CC1S(=O)(=O)C(C)C(C)C. The van der Waals surface area contributed by atoms with Crippen molar-refractivity contribution in [1.82, 2.24) is 5.32 Å². The maximum Gasteiger partial charge on any atom is 0.157 e. The molecule has 0 aromatic heterocycles. The van der Waals surface area contributed by atoms with Crippen LogP contribution in [0.1, 0.15) is 66.7 Å². The van der Waals surface area contributed by atoms with Crippen LogP contribution >= 0.6 is 0 Å². The Hall–Kier alpha value is -0.0900. The zero-order chi connectivity index (χ0) is 15.3. The zero-order valence-electron chi connectivity index (χ0n) is 13.9. The van der Waals surface area contributed by atoms with Crippen molar-refractivity contribution in [2.45, 2.75) is 83.3 Å². The van der Waals surface area contributed by atoms with Crippen molar-refractivity contribution in [2.75, 3.05) is 6.54 Å². The highest BCUT2D eigenvalue weighted by Gasteiger charge is 2.41. The Balaban J connectivity index is 2.92. The molecule has 0 bridgehead atoms. The minimum absolute atomic E-state index is 0.156. The maximum atomic E-state index is 12.9. The molecule has 1 aliphatic rings. The summed E-state index contributed by atoms with van der Waals surface area (Å²) in [6.45, 7) is 11.1. The molecule has 0 saturated heterocycles. The second-order valence-electron chi connectivity index (χ2n) is 6.72. The van der Waals surface area contributed by atoms with E-state index in [9.17, 15) is 8.42 Å². The van der Waals surface area contributed by atoms with E-state index >= 15 is 0 Å². The molecule has 0 radical (unpaired) electrons. The van der Waals surface area contributed by atoms with Gasteiger partial charge >= 0.3 is 0 Å². The second kappa shape index (κ2) is 7.79. The lowest BCUT2D eigenvalue weighted by atomic mass is 9.84. The third kappa shape index (κ3) is 4.20. The minimum Gasteiger partial charge on any atom is -0.313 e. The largest absolute Gasteiger partial charge is 0.313 e. The lowest BCUT2D eigenvalue weighted by Crippen LogP contribution is -2.51. The van der Waals surface area contributed by atoms with Gasteiger partial charge in [-0.05, 0) is 51.0 Å². The molecule has 1 rings (SSSR count). The minimum atomic E-state index is -3.05. The summed E-state index contributed by atoms with van der Waals surface area (Å²) in [4.78, 5) is 0. The highest BCUT2D eigenvalue weighted by atomic mass is 32.2. The zero-order valence-corrected chi connectivity index (χ0v) is 14.7. The predicted octanol–water partition coefficient (Wildman–Crippen LogP) is 3.39. The summed E-state index contributed by atoms with van der Waals surface area (Å²) in [6.07, 6.45) is 5.17. The average Bonchev–Trinajstić information content (AvgIpc) is 2.43. The Morgan fingerprint density at radius 1 is 1.15 bits per heavy atom. The molecule has 1 aliphatic carbocycles. The van der Waals surface area contributed by atoms with Gasteiger partial charge in [0, 0.05) is 6.04 Å². The van der Waals surface area contributed by atoms with Crippen LogP contribution in [0, 0.1) is 11.8 Å². The number of nitrogens with one attached hydrogen (secondary N) is 1. The molecular formula is C16H33NO2S. The summed E-state index contributed by atoms with van der Waals surface area (Å²) in [7, 11) is -3.05. The van der Waals surface area contributed by atoms with Gasteiger partial charge in [0.2, 0.25) is 0 Å². The molecule has 0 spiro atoms. The van der Waals surface area contributed by atoms with E-state index in [-0.39, 0.29) is 22.5 Å². The molecule has 4 heteroatoms. The summed E-state index contributed by atoms with van der Waals surface area (Å²) < 4.78 is 25.8. The van der Waals surface area contributed by atoms with E-state index in [1.165, 1.54) is 6.42 Å². The Morgan fingerprint density at radius 3 is 2.30 bits per heavy atom. The fourth-order valence-electron chi connectivity index (χ4n) is 3.16. The smallest absolute Gasteiger partial charge is 0.157 e. The van der Waals surface area contributed by atoms with Gasteiger partial charge in [-0.3, -0.25) is 0 Å². The second-order valence-corrected chi connectivity index (χ2v) is 9.25. The van der Waals surface area contributed by atoms with E-state index in [1.807, 2.05) is 20.8 Å². The van der Waals surface area contributed by atoms with Crippen LogP contribution in [0.2, 0.25) is 0 Å². The number of sulfone groups is 1. The van der Waals surface area contributed by atoms with Crippen LogP contribution in [0.5, 0.6) is 0 Å². The van der Waals surface area contributed by atoms with Crippen molar-refractivity contribution in [3.63, 3.8) is 0 Å². The molecule has 3 nitrogen and oxygen atoms in total. The highest BCUT2D eigenvalue weighted by molar-refractivity contribution is 7.92. The molecule has 1 N–H and O–H groups in total. The van der Waals surface area contributed by atoms with Crippen molar-refractivity contribution in [3.05, 3.63) is 0 Å². The molecule has 1 saturated carbocycles. The Labute approximate surface area is 125 Å². The molecule has 1 fully saturated rings. The summed E-state index contributed by atoms with van der Waals surface area (Å²) in [5, 5.41) is 3.06. The van der Waals surface area contributed by atoms with Crippen LogP contribution in [0.25, 0.3) is 0 Å². The van der Waals surface area contributed by atoms with E-state index < -0.39 is 9.84 Å². The third-order valence-corrected chi connectivity index (χ3v) is 7.96. The van der Waals surface area contributed by atoms with E-state index in [4.69, 9.17) is 0 Å². The highest BCUT2D eigenvalue weighted by Crippen LogP contribution is 2.34. The van der Waals surface area contributed by atoms with Crippen LogP contribution in [0.3, 0.4) is 0 Å². The van der Waals surface area contributed by atoms with Crippen molar-refractivity contribution < 1.29 is 8.42 Å². The van der Waals surface area contributed by atoms with Gasteiger partial charge in [-0.25, -0.2) is 8.42 Å². The molecular weight excluding hydrogens is 270 g/mol. The Morgan fingerprint density at radius 2 is 1.80 bits per heavy atom. The Kier molecular flexibility index (Phi) is 6.99. The Bertz CT molecular complexity index is 378. The van der Waals surface area contributed by atoms with E-state index in [0.717, 1.165) is 32.2 Å². The van der Waals surface area contributed by atoms with E-state index in [2.05, 4.69) is 19.2 Å². The van der Waals surface area contributed by atoms with Gasteiger partial charge in [0.05, 0.1) is 10.5 Å². The van der Waals surface area contributed by atoms with Crippen LogP contribution in [-0.2, 0) is 9.84 Å². The first-order valence-electron chi connectivity index (χ1n) is 8.30. The molecule has 0 aromatic carbocycles. The summed E-state index contributed by atoms with van der Waals surface area (Å²) >= 11 is 0. The first-order chi connectivity index (χ1) is 9.34. The standard InChI is InChI=1S/C16H33NO2S/c1-6-10-17-15-9-8-14(7-2)11-16(15)20(18,19)13(5)12(3)4/h12-17H,6-11H2,1-5H3. The first kappa shape index (κ1) is 18.0. The summed E-state index contributed by atoms with van der Waals surface area (Å²) in [5.74, 6) is 0.766. The lowest BCUT2D eigenvalue weighted by Gasteiger charge is -2.38. The van der Waals surface area contributed by atoms with Crippen molar-refractivity contribution in [2.24, 2.45) is 11.8 Å². The summed E-state index contributed by atoms with van der Waals surface area (Å²) in [5.41, 5.74) is 0. The monoisotopic (exact) mass is 303 g/mol. The van der Waals surface area contributed by atoms with Gasteiger partial charge in [0.1, 0.15) is 0 Å². The molecule has 20 heavy (non-hydrogen) atoms. The van der Waals surface area contributed by atoms with Crippen molar-refractivity contribution in [1.29, 1.82) is 0 Å². The molecule has 0 amide bonds. The molecule has 4 atom stereocenters. The third-order valence-electron chi connectivity index (χ3n) is 5.01. The number of hydrogen-bond acceptors (Lipinski definition) is 3. The fourth-order valence-corrected chi connectivity index (χ4v) is 5.70. The molecule has 120 valence electrons. The topological polar surface area (TPSA) is 46.2 Å². The normalized spacial score (nSPS) is 29.6. The summed E-state index contributed by atoms with van der Waals surface area (Å²) in [6, 6.07) is 0.156. The number of rotatable bonds is 7. The molecule has 0 heterocycles. The van der Waals surface area contributed by atoms with Crippen molar-refractivity contribution in [3.8, 4) is 0 Å². The quantitative estimate of drug-likeness (QED) is 0.784. The van der Waals surface area contributed by atoms with Gasteiger partial charge in [-0.1, -0.05) is 34.1 Å². The molecule has 4 unspecified atom stereocenters. The van der Waals surface area contributed by atoms with Crippen LogP contribution in [0.4, 0.5) is 0 Å². The van der Waals surface area contributed by atoms with Gasteiger partial charge in [-0.2, -0.15) is 0 Å². The lowest BCUT2D eigenvalue weighted by molar-refractivity contribution is 0.286. The van der Waals surface area contributed by atoms with Gasteiger partial charge in [0.15, 0.2) is 9.84 Å². The predicted molar refractivity (Wildman–Crippen MR) is 86.7 cm³/mol. The maximum absolute atomic E-state index is 12.9. The fraction of sp³-hybridized carbons (Fsp3) is 1.00. The van der Waals surface area contributed by atoms with Gasteiger partial charge in [0.25, 0.3) is 0 Å². The van der Waals surface area contributed by atoms with Crippen LogP contribution < -0.4 is 5.32 Å². The van der Waals surface area contributed by atoms with Gasteiger partial charge < -0.3 is 5.32 Å².